The van der Waals surface area contributed by atoms with Crippen LogP contribution in [0.15, 0.2) is 61.2 Å². The molecule has 0 saturated carbocycles. The van der Waals surface area contributed by atoms with Gasteiger partial charge >= 0.3 is 5.97 Å². The van der Waals surface area contributed by atoms with Gasteiger partial charge in [0.25, 0.3) is 0 Å². The first-order chi connectivity index (χ1) is 14.6. The molecule has 0 radical (unpaired) electrons. The zero-order chi connectivity index (χ0) is 20.7. The Morgan fingerprint density at radius 3 is 2.77 bits per heavy atom. The van der Waals surface area contributed by atoms with Crippen LogP contribution in [0.25, 0.3) is 16.6 Å². The number of halogens is 1. The highest BCUT2D eigenvalue weighted by Crippen LogP contribution is 2.41. The predicted octanol–water partition coefficient (Wildman–Crippen LogP) is 5.42. The Bertz CT molecular complexity index is 1210. The standard InChI is InChI=1S/C24H22ClN3O2/c25-18-6-9-22-21(13-18)20-3-1-2-17(12-23(29)30)24(20)28(22)14-16-4-7-19(8-5-16)27-11-10-26-15-27/h4-11,13,15,17H,1-3,12,14H2,(H,29,30). The second-order valence-electron chi connectivity index (χ2n) is 7.93. The minimum Gasteiger partial charge on any atom is -0.481 e. The van der Waals surface area contributed by atoms with E-state index in [2.05, 4.69) is 39.9 Å². The zero-order valence-corrected chi connectivity index (χ0v) is 17.2. The van der Waals surface area contributed by atoms with Gasteiger partial charge in [-0.15, -0.1) is 0 Å². The predicted molar refractivity (Wildman–Crippen MR) is 118 cm³/mol. The number of hydrogen-bond acceptors (Lipinski definition) is 2. The summed E-state index contributed by atoms with van der Waals surface area (Å²) in [6, 6.07) is 14.4. The third-order valence-corrected chi connectivity index (χ3v) is 6.28. The van der Waals surface area contributed by atoms with Gasteiger partial charge in [0.15, 0.2) is 0 Å². The topological polar surface area (TPSA) is 60.0 Å². The molecule has 5 nitrogen and oxygen atoms in total. The molecule has 5 rings (SSSR count). The molecule has 0 bridgehead atoms. The third-order valence-electron chi connectivity index (χ3n) is 6.04. The van der Waals surface area contributed by atoms with Crippen molar-refractivity contribution in [1.29, 1.82) is 0 Å². The first kappa shape index (κ1) is 18.9. The van der Waals surface area contributed by atoms with E-state index in [-0.39, 0.29) is 12.3 Å². The van der Waals surface area contributed by atoms with Crippen LogP contribution in [0.5, 0.6) is 0 Å². The molecule has 4 aromatic rings. The molecule has 1 aliphatic carbocycles. The van der Waals surface area contributed by atoms with Gasteiger partial charge in [0.05, 0.1) is 12.7 Å². The average Bonchev–Trinajstić information content (AvgIpc) is 3.36. The Balaban J connectivity index is 1.58. The minimum atomic E-state index is -0.743. The van der Waals surface area contributed by atoms with Crippen molar-refractivity contribution in [2.45, 2.75) is 38.1 Å². The van der Waals surface area contributed by atoms with Crippen molar-refractivity contribution in [1.82, 2.24) is 14.1 Å². The maximum Gasteiger partial charge on any atom is 0.304 e. The van der Waals surface area contributed by atoms with Crippen molar-refractivity contribution in [2.75, 3.05) is 0 Å². The van der Waals surface area contributed by atoms with Crippen LogP contribution >= 0.6 is 11.6 Å². The molecule has 0 fully saturated rings. The molecule has 1 unspecified atom stereocenters. The van der Waals surface area contributed by atoms with Gasteiger partial charge in [0, 0.05) is 52.2 Å². The summed E-state index contributed by atoms with van der Waals surface area (Å²) in [6.07, 6.45) is 8.51. The second-order valence-corrected chi connectivity index (χ2v) is 8.37. The number of carboxylic acids is 1. The van der Waals surface area contributed by atoms with Gasteiger partial charge in [-0.3, -0.25) is 4.79 Å². The molecule has 6 heteroatoms. The molecule has 0 aliphatic heterocycles. The monoisotopic (exact) mass is 419 g/mol. The van der Waals surface area contributed by atoms with Crippen molar-refractivity contribution in [3.05, 3.63) is 83.0 Å². The molecule has 1 N–H and O–H groups in total. The normalized spacial score (nSPS) is 16.0. The lowest BCUT2D eigenvalue weighted by Gasteiger charge is -2.24. The van der Waals surface area contributed by atoms with Crippen LogP contribution in [0.1, 0.15) is 42.0 Å². The van der Waals surface area contributed by atoms with Gasteiger partial charge in [-0.25, -0.2) is 4.98 Å². The second kappa shape index (κ2) is 7.65. The fourth-order valence-corrected chi connectivity index (χ4v) is 4.93. The van der Waals surface area contributed by atoms with Gasteiger partial charge in [0.1, 0.15) is 0 Å². The number of nitrogens with zero attached hydrogens (tertiary/aromatic N) is 3. The van der Waals surface area contributed by atoms with Crippen molar-refractivity contribution >= 4 is 28.5 Å². The fourth-order valence-electron chi connectivity index (χ4n) is 4.76. The summed E-state index contributed by atoms with van der Waals surface area (Å²) < 4.78 is 4.28. The number of rotatable bonds is 5. The van der Waals surface area contributed by atoms with Crippen molar-refractivity contribution < 1.29 is 9.90 Å². The van der Waals surface area contributed by atoms with Crippen LogP contribution in [0.2, 0.25) is 5.02 Å². The summed E-state index contributed by atoms with van der Waals surface area (Å²) in [6.45, 7) is 0.702. The first-order valence-corrected chi connectivity index (χ1v) is 10.6. The molecule has 152 valence electrons. The highest BCUT2D eigenvalue weighted by Gasteiger charge is 2.29. The average molecular weight is 420 g/mol. The van der Waals surface area contributed by atoms with E-state index < -0.39 is 5.97 Å². The Morgan fingerprint density at radius 2 is 2.03 bits per heavy atom. The lowest BCUT2D eigenvalue weighted by molar-refractivity contribution is -0.137. The number of aromatic nitrogens is 3. The maximum absolute atomic E-state index is 11.5. The van der Waals surface area contributed by atoms with Crippen molar-refractivity contribution in [3.8, 4) is 5.69 Å². The Hall–Kier alpha value is -3.05. The summed E-state index contributed by atoms with van der Waals surface area (Å²) >= 11 is 6.31. The van der Waals surface area contributed by atoms with Crippen LogP contribution in [0, 0.1) is 0 Å². The molecule has 2 heterocycles. The highest BCUT2D eigenvalue weighted by molar-refractivity contribution is 6.31. The van der Waals surface area contributed by atoms with Gasteiger partial charge in [-0.1, -0.05) is 23.7 Å². The fraction of sp³-hybridized carbons (Fsp3) is 0.250. The largest absolute Gasteiger partial charge is 0.481 e. The Kier molecular flexibility index (Phi) is 4.83. The van der Waals surface area contributed by atoms with E-state index in [4.69, 9.17) is 11.6 Å². The molecule has 1 aliphatic rings. The van der Waals surface area contributed by atoms with E-state index >= 15 is 0 Å². The molecule has 0 amide bonds. The lowest BCUT2D eigenvalue weighted by atomic mass is 9.84. The number of aryl methyl sites for hydroxylation is 1. The van der Waals surface area contributed by atoms with E-state index in [1.54, 1.807) is 12.5 Å². The molecule has 30 heavy (non-hydrogen) atoms. The van der Waals surface area contributed by atoms with E-state index in [0.717, 1.165) is 35.9 Å². The Labute approximate surface area is 179 Å². The zero-order valence-electron chi connectivity index (χ0n) is 16.5. The number of carboxylic acid groups (broad SMARTS) is 1. The number of hydrogen-bond donors (Lipinski definition) is 1. The van der Waals surface area contributed by atoms with Gasteiger partial charge in [0.2, 0.25) is 0 Å². The number of fused-ring (bicyclic) bond motifs is 3. The lowest BCUT2D eigenvalue weighted by Crippen LogP contribution is -2.17. The molecule has 0 saturated heterocycles. The molecular formula is C24H22ClN3O2. The van der Waals surface area contributed by atoms with E-state index in [1.165, 1.54) is 16.8 Å². The first-order valence-electron chi connectivity index (χ1n) is 10.2. The Morgan fingerprint density at radius 1 is 1.20 bits per heavy atom. The van der Waals surface area contributed by atoms with Crippen LogP contribution in [0.3, 0.4) is 0 Å². The highest BCUT2D eigenvalue weighted by atomic mass is 35.5. The molecule has 0 spiro atoms. The van der Waals surface area contributed by atoms with Gasteiger partial charge in [-0.05, 0) is 60.7 Å². The van der Waals surface area contributed by atoms with Crippen molar-refractivity contribution in [2.24, 2.45) is 0 Å². The summed E-state index contributed by atoms with van der Waals surface area (Å²) in [7, 11) is 0. The van der Waals surface area contributed by atoms with Gasteiger partial charge < -0.3 is 14.2 Å². The number of imidazole rings is 1. The molecular weight excluding hydrogens is 398 g/mol. The molecule has 2 aromatic carbocycles. The van der Waals surface area contributed by atoms with E-state index in [1.807, 2.05) is 22.9 Å². The summed E-state index contributed by atoms with van der Waals surface area (Å²) in [5.74, 6) is -0.713. The van der Waals surface area contributed by atoms with Crippen LogP contribution in [0.4, 0.5) is 0 Å². The van der Waals surface area contributed by atoms with Crippen molar-refractivity contribution in [3.63, 3.8) is 0 Å². The van der Waals surface area contributed by atoms with Crippen LogP contribution in [-0.2, 0) is 17.8 Å². The van der Waals surface area contributed by atoms with E-state index in [0.29, 0.717) is 11.6 Å². The van der Waals surface area contributed by atoms with Crippen LogP contribution in [-0.4, -0.2) is 25.2 Å². The number of aliphatic carboxylic acids is 1. The van der Waals surface area contributed by atoms with Gasteiger partial charge in [-0.2, -0.15) is 0 Å². The third kappa shape index (κ3) is 3.39. The van der Waals surface area contributed by atoms with Crippen LogP contribution < -0.4 is 0 Å². The summed E-state index contributed by atoms with van der Waals surface area (Å²) in [5.41, 5.74) is 5.79. The SMILES string of the molecule is O=C(O)CC1CCCc2c1n(Cc1ccc(-n3ccnc3)cc1)c1ccc(Cl)cc21. The molecule has 1 atom stereocenters. The minimum absolute atomic E-state index is 0.0302. The summed E-state index contributed by atoms with van der Waals surface area (Å²) in [4.78, 5) is 15.6. The molecule has 2 aromatic heterocycles. The smallest absolute Gasteiger partial charge is 0.304 e. The van der Waals surface area contributed by atoms with E-state index in [9.17, 15) is 9.90 Å². The number of benzene rings is 2. The number of carbonyl (C=O) groups is 1. The maximum atomic E-state index is 11.5. The summed E-state index contributed by atoms with van der Waals surface area (Å²) in [5, 5.41) is 11.3. The quantitative estimate of drug-likeness (QED) is 0.469.